The molecule has 132 valence electrons. The summed E-state index contributed by atoms with van der Waals surface area (Å²) in [6.45, 7) is 0. The van der Waals surface area contributed by atoms with Gasteiger partial charge in [-0.3, -0.25) is 0 Å². The van der Waals surface area contributed by atoms with Crippen LogP contribution in [0.4, 0.5) is 0 Å². The van der Waals surface area contributed by atoms with Gasteiger partial charge in [0.25, 0.3) is 0 Å². The van der Waals surface area contributed by atoms with Crippen LogP contribution >= 0.6 is 19.9 Å². The van der Waals surface area contributed by atoms with E-state index in [1.165, 1.54) is 14.3 Å². The molecule has 0 heterocycles. The minimum atomic E-state index is -3.48. The second kappa shape index (κ2) is 8.63. The molecule has 27 heavy (non-hydrogen) atoms. The molecule has 0 N–H and O–H groups in total. The Hall–Kier alpha value is -1.56. The van der Waals surface area contributed by atoms with Crippen molar-refractivity contribution in [3.05, 3.63) is 120 Å². The molecule has 0 fully saturated rings. The van der Waals surface area contributed by atoms with Crippen molar-refractivity contribution >= 4 is 49.0 Å². The third-order valence-electron chi connectivity index (χ3n) is 4.63. The van der Waals surface area contributed by atoms with Crippen molar-refractivity contribution in [3.8, 4) is 0 Å². The monoisotopic (exact) mass is 582 g/mol. The maximum absolute atomic E-state index is 6.14. The summed E-state index contributed by atoms with van der Waals surface area (Å²) in [6, 6.07) is 41.4. The SMILES string of the molecule is Clc1ccc([S][Pb]([c]2ccccc2)([c]2ccccc2)[c]2ccccc2)cc1. The first kappa shape index (κ1) is 18.8. The average molecular weight is 582 g/mol. The van der Waals surface area contributed by atoms with Crippen molar-refractivity contribution in [2.24, 2.45) is 0 Å². The summed E-state index contributed by atoms with van der Waals surface area (Å²) >= 11 is 2.66. The molecule has 3 heteroatoms. The van der Waals surface area contributed by atoms with E-state index in [0.29, 0.717) is 0 Å². The summed E-state index contributed by atoms with van der Waals surface area (Å²) < 4.78 is 4.42. The Labute approximate surface area is 173 Å². The van der Waals surface area contributed by atoms with Crippen LogP contribution in [0.2, 0.25) is 5.02 Å². The van der Waals surface area contributed by atoms with E-state index in [-0.39, 0.29) is 0 Å². The Balaban J connectivity index is 1.98. The van der Waals surface area contributed by atoms with Crippen LogP contribution in [0.5, 0.6) is 0 Å². The van der Waals surface area contributed by atoms with Crippen LogP contribution in [-0.2, 0) is 0 Å². The van der Waals surface area contributed by atoms with Gasteiger partial charge in [-0.05, 0) is 0 Å². The fourth-order valence-corrected chi connectivity index (χ4v) is 29.5. The van der Waals surface area contributed by atoms with Crippen LogP contribution in [0.1, 0.15) is 0 Å². The predicted molar refractivity (Wildman–Crippen MR) is 121 cm³/mol. The third kappa shape index (κ3) is 4.00. The topological polar surface area (TPSA) is 0 Å². The maximum atomic E-state index is 6.14. The Morgan fingerprint density at radius 3 is 1.22 bits per heavy atom. The van der Waals surface area contributed by atoms with E-state index < -0.39 is 19.7 Å². The van der Waals surface area contributed by atoms with Crippen molar-refractivity contribution in [2.75, 3.05) is 0 Å². The summed E-state index contributed by atoms with van der Waals surface area (Å²) in [5, 5.41) is 0.778. The van der Waals surface area contributed by atoms with Gasteiger partial charge in [0.1, 0.15) is 0 Å². The van der Waals surface area contributed by atoms with Crippen molar-refractivity contribution < 1.29 is 0 Å². The van der Waals surface area contributed by atoms with Gasteiger partial charge in [-0.25, -0.2) is 0 Å². The first-order valence-electron chi connectivity index (χ1n) is 8.90. The fraction of sp³-hybridized carbons (Fsp3) is 0. The summed E-state index contributed by atoms with van der Waals surface area (Å²) in [5.74, 6) is 0. The summed E-state index contributed by atoms with van der Waals surface area (Å²) in [4.78, 5) is 1.28. The summed E-state index contributed by atoms with van der Waals surface area (Å²) in [6.07, 6.45) is 0. The first-order valence-corrected chi connectivity index (χ1v) is 20.7. The van der Waals surface area contributed by atoms with Crippen molar-refractivity contribution in [1.82, 2.24) is 0 Å². The van der Waals surface area contributed by atoms with Gasteiger partial charge in [0.05, 0.1) is 0 Å². The second-order valence-corrected chi connectivity index (χ2v) is 27.2. The second-order valence-electron chi connectivity index (χ2n) is 6.34. The van der Waals surface area contributed by atoms with Gasteiger partial charge in [-0.15, -0.1) is 0 Å². The predicted octanol–water partition coefficient (Wildman–Crippen LogP) is 5.10. The average Bonchev–Trinajstić information content (AvgIpc) is 2.75. The molecule has 4 aromatic rings. The zero-order chi connectivity index (χ0) is 18.5. The quantitative estimate of drug-likeness (QED) is 0.296. The number of rotatable bonds is 5. The molecule has 0 aliphatic heterocycles. The van der Waals surface area contributed by atoms with Crippen molar-refractivity contribution in [3.63, 3.8) is 0 Å². The van der Waals surface area contributed by atoms with Crippen LogP contribution in [0, 0.1) is 0 Å². The molecule has 0 saturated carbocycles. The van der Waals surface area contributed by atoms with Gasteiger partial charge < -0.3 is 0 Å². The van der Waals surface area contributed by atoms with Crippen LogP contribution in [-0.4, -0.2) is 19.7 Å². The third-order valence-corrected chi connectivity index (χ3v) is 31.6. The normalized spacial score (nSPS) is 11.3. The van der Waals surface area contributed by atoms with E-state index in [4.69, 9.17) is 11.6 Å². The molecule has 0 unspecified atom stereocenters. The molecule has 0 saturated heterocycles. The molecular formula is C24H19ClPbS. The molecule has 0 radical (unpaired) electrons. The van der Waals surface area contributed by atoms with Gasteiger partial charge in [0.2, 0.25) is 0 Å². The standard InChI is InChI=1S/C6H5ClS.3C6H5.Pb/c7-5-1-3-6(8)4-2-5;3*1-2-4-6-5-3-1;/h1-4,8H;3*1-5H;/q;;;;+1/p-1. The van der Waals surface area contributed by atoms with Gasteiger partial charge >= 0.3 is 174 Å². The molecular weight excluding hydrogens is 563 g/mol. The Bertz CT molecular complexity index is 890. The van der Waals surface area contributed by atoms with Gasteiger partial charge in [0, 0.05) is 0 Å². The zero-order valence-electron chi connectivity index (χ0n) is 14.8. The molecule has 0 amide bonds. The zero-order valence-corrected chi connectivity index (χ0v) is 20.2. The van der Waals surface area contributed by atoms with E-state index in [2.05, 4.69) is 111 Å². The minimum absolute atomic E-state index is 0.778. The van der Waals surface area contributed by atoms with E-state index in [1.807, 2.05) is 12.1 Å². The first-order chi connectivity index (χ1) is 13.3. The number of benzene rings is 4. The molecule has 0 aliphatic carbocycles. The summed E-state index contributed by atoms with van der Waals surface area (Å²) in [7, 11) is 2.07. The van der Waals surface area contributed by atoms with Gasteiger partial charge in [-0.2, -0.15) is 0 Å². The number of halogens is 1. The van der Waals surface area contributed by atoms with E-state index in [1.54, 1.807) is 0 Å². The van der Waals surface area contributed by atoms with Crippen LogP contribution in [0.15, 0.2) is 120 Å². The van der Waals surface area contributed by atoms with E-state index in [0.717, 1.165) is 5.02 Å². The van der Waals surface area contributed by atoms with Crippen LogP contribution < -0.4 is 9.37 Å². The Morgan fingerprint density at radius 2 is 0.852 bits per heavy atom. The molecule has 0 aliphatic rings. The van der Waals surface area contributed by atoms with Crippen LogP contribution in [0.3, 0.4) is 0 Å². The van der Waals surface area contributed by atoms with Crippen molar-refractivity contribution in [1.29, 1.82) is 0 Å². The molecule has 0 aromatic heterocycles. The molecule has 0 nitrogen and oxygen atoms in total. The molecule has 0 bridgehead atoms. The number of hydrogen-bond donors (Lipinski definition) is 0. The Kier molecular flexibility index (Phi) is 6.01. The van der Waals surface area contributed by atoms with Crippen LogP contribution in [0.25, 0.3) is 0 Å². The molecule has 0 spiro atoms. The van der Waals surface area contributed by atoms with E-state index in [9.17, 15) is 0 Å². The van der Waals surface area contributed by atoms with Gasteiger partial charge in [-0.1, -0.05) is 0 Å². The van der Waals surface area contributed by atoms with Crippen molar-refractivity contribution in [2.45, 2.75) is 4.90 Å². The van der Waals surface area contributed by atoms with E-state index >= 15 is 0 Å². The Morgan fingerprint density at radius 1 is 0.481 bits per heavy atom. The molecule has 0 atom stereocenters. The van der Waals surface area contributed by atoms with Gasteiger partial charge in [0.15, 0.2) is 0 Å². The molecule has 4 aromatic carbocycles. The fourth-order valence-electron chi connectivity index (χ4n) is 3.37. The number of hydrogen-bond acceptors (Lipinski definition) is 1. The molecule has 4 rings (SSSR count). The summed E-state index contributed by atoms with van der Waals surface area (Å²) in [5.41, 5.74) is 0.